The number of ether oxygens (including phenoxy) is 1. The third-order valence-corrected chi connectivity index (χ3v) is 4.29. The van der Waals surface area contributed by atoms with Crippen LogP contribution >= 0.6 is 0 Å². The molecule has 1 aromatic rings. The van der Waals surface area contributed by atoms with Gasteiger partial charge in [-0.15, -0.1) is 0 Å². The Bertz CT molecular complexity index is 638. The lowest BCUT2D eigenvalue weighted by Crippen LogP contribution is -2.32. The Balaban J connectivity index is 3.19. The normalized spacial score (nSPS) is 11.3. The molecule has 0 fully saturated rings. The van der Waals surface area contributed by atoms with Crippen LogP contribution in [0.4, 0.5) is 0 Å². The van der Waals surface area contributed by atoms with E-state index in [1.54, 1.807) is 0 Å². The number of rotatable bonds is 5. The lowest BCUT2D eigenvalue weighted by molar-refractivity contribution is -0.140. The van der Waals surface area contributed by atoms with Crippen molar-refractivity contribution in [1.82, 2.24) is 4.31 Å². The highest BCUT2D eigenvalue weighted by molar-refractivity contribution is 7.89. The predicted molar refractivity (Wildman–Crippen MR) is 66.9 cm³/mol. The summed E-state index contributed by atoms with van der Waals surface area (Å²) >= 11 is 0. The quantitative estimate of drug-likeness (QED) is 0.727. The van der Waals surface area contributed by atoms with E-state index in [2.05, 4.69) is 4.74 Å². The highest BCUT2D eigenvalue weighted by Crippen LogP contribution is 2.23. The molecule has 0 aliphatic heterocycles. The van der Waals surface area contributed by atoms with Crippen molar-refractivity contribution < 1.29 is 33.0 Å². The van der Waals surface area contributed by atoms with Crippen LogP contribution in [0.2, 0.25) is 0 Å². The van der Waals surface area contributed by atoms with Gasteiger partial charge in [0.2, 0.25) is 10.0 Å². The number of phenols is 1. The fourth-order valence-electron chi connectivity index (χ4n) is 1.36. The number of nitrogens with zero attached hydrogens (tertiary/aromatic N) is 1. The molecule has 0 atom stereocenters. The summed E-state index contributed by atoms with van der Waals surface area (Å²) in [6, 6.07) is 2.83. The fourth-order valence-corrected chi connectivity index (χ4v) is 2.50. The van der Waals surface area contributed by atoms with Crippen molar-refractivity contribution in [2.75, 3.05) is 20.7 Å². The van der Waals surface area contributed by atoms with Crippen LogP contribution < -0.4 is 0 Å². The molecule has 110 valence electrons. The topological polar surface area (TPSA) is 121 Å². The van der Waals surface area contributed by atoms with Gasteiger partial charge in [-0.1, -0.05) is 0 Å². The van der Waals surface area contributed by atoms with Gasteiger partial charge in [-0.3, -0.25) is 4.79 Å². The highest BCUT2D eigenvalue weighted by atomic mass is 32.2. The molecule has 0 heterocycles. The molecule has 0 saturated heterocycles. The van der Waals surface area contributed by atoms with Gasteiger partial charge in [-0.25, -0.2) is 13.2 Å². The van der Waals surface area contributed by atoms with Crippen LogP contribution in [0, 0.1) is 0 Å². The van der Waals surface area contributed by atoms with Gasteiger partial charge in [-0.05, 0) is 18.2 Å². The zero-order valence-corrected chi connectivity index (χ0v) is 11.5. The molecule has 0 bridgehead atoms. The van der Waals surface area contributed by atoms with Gasteiger partial charge in [0.15, 0.2) is 0 Å². The number of hydrogen-bond donors (Lipinski definition) is 2. The Hall–Kier alpha value is -2.13. The lowest BCUT2D eigenvalue weighted by atomic mass is 10.2. The van der Waals surface area contributed by atoms with Crippen molar-refractivity contribution in [2.24, 2.45) is 0 Å². The number of hydrogen-bond acceptors (Lipinski definition) is 6. The number of sulfonamides is 1. The number of benzene rings is 1. The number of aromatic hydroxyl groups is 1. The second-order valence-electron chi connectivity index (χ2n) is 3.82. The first kappa shape index (κ1) is 15.9. The number of likely N-dealkylation sites (N-methyl/N-ethyl adjacent to an activating group) is 1. The minimum absolute atomic E-state index is 0.348. The summed E-state index contributed by atoms with van der Waals surface area (Å²) in [6.45, 7) is -0.512. The summed E-state index contributed by atoms with van der Waals surface area (Å²) in [5.41, 5.74) is -0.544. The van der Waals surface area contributed by atoms with Gasteiger partial charge in [0, 0.05) is 7.05 Å². The number of methoxy groups -OCH3 is 1. The second-order valence-corrected chi connectivity index (χ2v) is 5.87. The first-order chi connectivity index (χ1) is 9.20. The van der Waals surface area contributed by atoms with E-state index >= 15 is 0 Å². The summed E-state index contributed by atoms with van der Waals surface area (Å²) in [5.74, 6) is -2.77. The van der Waals surface area contributed by atoms with E-state index in [9.17, 15) is 23.1 Å². The van der Waals surface area contributed by atoms with Crippen LogP contribution in [0.3, 0.4) is 0 Å². The molecule has 0 saturated carbocycles. The van der Waals surface area contributed by atoms with Gasteiger partial charge >= 0.3 is 11.9 Å². The third-order valence-electron chi connectivity index (χ3n) is 2.49. The number of carbonyl (C=O) groups excluding carboxylic acids is 1. The molecular weight excluding hydrogens is 290 g/mol. The molecule has 0 aliphatic rings. The fraction of sp³-hybridized carbons (Fsp3) is 0.273. The summed E-state index contributed by atoms with van der Waals surface area (Å²) in [7, 11) is -1.79. The number of esters is 1. The molecule has 0 aromatic heterocycles. The Morgan fingerprint density at radius 1 is 1.35 bits per heavy atom. The standard InChI is InChI=1S/C11H13NO7S/c1-12(6-10(14)19-2)20(17,18)7-3-4-9(13)8(5-7)11(15)16/h3-5,13H,6H2,1-2H3,(H,15,16). The summed E-state index contributed by atoms with van der Waals surface area (Å²) in [6.07, 6.45) is 0. The molecule has 20 heavy (non-hydrogen) atoms. The molecule has 1 aromatic carbocycles. The highest BCUT2D eigenvalue weighted by Gasteiger charge is 2.25. The van der Waals surface area contributed by atoms with Crippen molar-refractivity contribution in [3.8, 4) is 5.75 Å². The Morgan fingerprint density at radius 2 is 1.95 bits per heavy atom. The van der Waals surface area contributed by atoms with Crippen molar-refractivity contribution in [1.29, 1.82) is 0 Å². The smallest absolute Gasteiger partial charge is 0.339 e. The first-order valence-corrected chi connectivity index (χ1v) is 6.73. The molecule has 1 rings (SSSR count). The molecule has 9 heteroatoms. The number of carboxylic acid groups (broad SMARTS) is 1. The summed E-state index contributed by atoms with van der Waals surface area (Å²) < 4.78 is 29.3. The summed E-state index contributed by atoms with van der Waals surface area (Å²) in [5, 5.41) is 18.2. The third kappa shape index (κ3) is 3.25. The van der Waals surface area contributed by atoms with Crippen LogP contribution in [-0.2, 0) is 19.6 Å². The number of carbonyl (C=O) groups is 2. The average Bonchev–Trinajstić information content (AvgIpc) is 2.38. The molecule has 0 spiro atoms. The van der Waals surface area contributed by atoms with E-state index in [0.29, 0.717) is 0 Å². The van der Waals surface area contributed by atoms with Crippen molar-refractivity contribution in [3.05, 3.63) is 23.8 Å². The predicted octanol–water partition coefficient (Wildman–Crippen LogP) is -0.116. The summed E-state index contributed by atoms with van der Waals surface area (Å²) in [4.78, 5) is 21.6. The van der Waals surface area contributed by atoms with Crippen molar-refractivity contribution in [2.45, 2.75) is 4.90 Å². The maximum Gasteiger partial charge on any atom is 0.339 e. The SMILES string of the molecule is COC(=O)CN(C)S(=O)(=O)c1ccc(O)c(C(=O)O)c1. The van der Waals surface area contributed by atoms with Gasteiger partial charge in [0.05, 0.1) is 12.0 Å². The molecule has 2 N–H and O–H groups in total. The minimum atomic E-state index is -4.06. The van der Waals surface area contributed by atoms with E-state index in [4.69, 9.17) is 5.11 Å². The molecule has 8 nitrogen and oxygen atoms in total. The maximum absolute atomic E-state index is 12.1. The molecule has 0 amide bonds. The molecule has 0 unspecified atom stereocenters. The number of aromatic carboxylic acids is 1. The average molecular weight is 303 g/mol. The van der Waals surface area contributed by atoms with Crippen LogP contribution in [0.25, 0.3) is 0 Å². The first-order valence-electron chi connectivity index (χ1n) is 5.29. The Morgan fingerprint density at radius 3 is 2.45 bits per heavy atom. The maximum atomic E-state index is 12.1. The van der Waals surface area contributed by atoms with Crippen LogP contribution in [-0.4, -0.2) is 55.6 Å². The van der Waals surface area contributed by atoms with Gasteiger partial charge in [0.25, 0.3) is 0 Å². The Labute approximate surface area is 115 Å². The van der Waals surface area contributed by atoms with Gasteiger partial charge < -0.3 is 14.9 Å². The monoisotopic (exact) mass is 303 g/mol. The van der Waals surface area contributed by atoms with Crippen LogP contribution in [0.5, 0.6) is 5.75 Å². The van der Waals surface area contributed by atoms with E-state index in [1.807, 2.05) is 0 Å². The van der Waals surface area contributed by atoms with E-state index in [-0.39, 0.29) is 4.90 Å². The number of carboxylic acids is 1. The zero-order valence-electron chi connectivity index (χ0n) is 10.7. The van der Waals surface area contributed by atoms with E-state index in [0.717, 1.165) is 36.7 Å². The molecule has 0 radical (unpaired) electrons. The van der Waals surface area contributed by atoms with Crippen LogP contribution in [0.1, 0.15) is 10.4 Å². The van der Waals surface area contributed by atoms with Gasteiger partial charge in [0.1, 0.15) is 17.9 Å². The van der Waals surface area contributed by atoms with Crippen LogP contribution in [0.15, 0.2) is 23.1 Å². The largest absolute Gasteiger partial charge is 0.507 e. The van der Waals surface area contributed by atoms with Gasteiger partial charge in [-0.2, -0.15) is 4.31 Å². The second kappa shape index (κ2) is 5.88. The lowest BCUT2D eigenvalue weighted by Gasteiger charge is -2.16. The Kier molecular flexibility index (Phi) is 4.69. The molecular formula is C11H13NO7S. The van der Waals surface area contributed by atoms with Crippen molar-refractivity contribution >= 4 is 22.0 Å². The minimum Gasteiger partial charge on any atom is -0.507 e. The van der Waals surface area contributed by atoms with E-state index < -0.39 is 39.8 Å². The van der Waals surface area contributed by atoms with Crippen molar-refractivity contribution in [3.63, 3.8) is 0 Å². The molecule has 0 aliphatic carbocycles. The zero-order chi connectivity index (χ0) is 15.5. The van der Waals surface area contributed by atoms with E-state index in [1.165, 1.54) is 0 Å².